The number of amides is 1. The first-order valence-corrected chi connectivity index (χ1v) is 16.4. The van der Waals surface area contributed by atoms with Crippen molar-refractivity contribution >= 4 is 67.1 Å². The lowest BCUT2D eigenvalue weighted by Gasteiger charge is -2.18. The number of rotatable bonds is 12. The average Bonchev–Trinajstić information content (AvgIpc) is 3.52. The number of ether oxygens (including phenoxy) is 2. The van der Waals surface area contributed by atoms with Gasteiger partial charge in [-0.2, -0.15) is 5.26 Å². The normalized spacial score (nSPS) is 15.0. The van der Waals surface area contributed by atoms with Crippen LogP contribution in [0.2, 0.25) is 5.02 Å². The second-order valence-corrected chi connectivity index (χ2v) is 13.1. The molecule has 44 heavy (non-hydrogen) atoms. The average molecular weight is 655 g/mol. The molecule has 0 aliphatic carbocycles. The van der Waals surface area contributed by atoms with Crippen molar-refractivity contribution in [1.29, 1.82) is 5.26 Å². The summed E-state index contributed by atoms with van der Waals surface area (Å²) in [6.45, 7) is -0.557. The second kappa shape index (κ2) is 14.8. The number of nitriles is 1. The monoisotopic (exact) mass is 654 g/mol. The summed E-state index contributed by atoms with van der Waals surface area (Å²) >= 11 is 6.51. The van der Waals surface area contributed by atoms with E-state index in [0.29, 0.717) is 50.7 Å². The number of pyridine rings is 1. The van der Waals surface area contributed by atoms with E-state index in [1.807, 2.05) is 0 Å². The Bertz CT molecular complexity index is 1700. The number of hydrogen-bond donors (Lipinski definition) is 4. The second-order valence-electron chi connectivity index (χ2n) is 9.94. The van der Waals surface area contributed by atoms with Crippen LogP contribution in [0.5, 0.6) is 11.5 Å². The summed E-state index contributed by atoms with van der Waals surface area (Å²) in [5.74, 6) is 1.10. The number of carbonyl (C=O) groups excluding carboxylic acids is 1. The number of hydrogen-bond acceptors (Lipinski definition) is 10. The molecule has 0 bridgehead atoms. The van der Waals surface area contributed by atoms with Crippen LogP contribution >= 0.6 is 33.2 Å². The summed E-state index contributed by atoms with van der Waals surface area (Å²) < 4.78 is 25.1. The molecule has 1 fully saturated rings. The quantitative estimate of drug-likeness (QED) is 0.126. The first kappa shape index (κ1) is 31.7. The Balaban J connectivity index is 1.43. The van der Waals surface area contributed by atoms with Crippen LogP contribution in [0.3, 0.4) is 0 Å². The van der Waals surface area contributed by atoms with Gasteiger partial charge in [0, 0.05) is 40.8 Å². The fraction of sp³-hybridized carbons (Fsp3) is 0.258. The molecule has 2 atom stereocenters. The van der Waals surface area contributed by atoms with Crippen molar-refractivity contribution in [3.63, 3.8) is 0 Å². The number of halogens is 2. The van der Waals surface area contributed by atoms with Crippen molar-refractivity contribution in [2.75, 3.05) is 29.6 Å². The van der Waals surface area contributed by atoms with Gasteiger partial charge in [-0.25, -0.2) is 4.39 Å². The number of anilines is 3. The fourth-order valence-electron chi connectivity index (χ4n) is 4.44. The largest absolute Gasteiger partial charge is 0.489 e. The van der Waals surface area contributed by atoms with Crippen molar-refractivity contribution in [3.8, 4) is 17.6 Å². The number of carbonyl (C=O) groups is 1. The van der Waals surface area contributed by atoms with Gasteiger partial charge in [-0.05, 0) is 48.4 Å². The molecule has 0 spiro atoms. The minimum atomic E-state index is -1.11. The summed E-state index contributed by atoms with van der Waals surface area (Å²) in [7, 11) is 3.43. The maximum atomic E-state index is 13.5. The van der Waals surface area contributed by atoms with Crippen LogP contribution in [0.4, 0.5) is 21.5 Å². The molecule has 13 heteroatoms. The molecule has 3 aromatic carbocycles. The smallest absolute Gasteiger partial charge is 0.225 e. The Morgan fingerprint density at radius 3 is 2.80 bits per heavy atom. The van der Waals surface area contributed by atoms with E-state index in [2.05, 4.69) is 21.7 Å². The van der Waals surface area contributed by atoms with Gasteiger partial charge in [-0.3, -0.25) is 9.78 Å². The molecule has 9 nitrogen and oxygen atoms in total. The van der Waals surface area contributed by atoms with Crippen LogP contribution < -0.4 is 20.1 Å². The van der Waals surface area contributed by atoms with Crippen molar-refractivity contribution in [1.82, 2.24) is 4.98 Å². The fourth-order valence-corrected chi connectivity index (χ4v) is 7.57. The third-order valence-corrected chi connectivity index (χ3v) is 9.86. The maximum absolute atomic E-state index is 13.5. The lowest BCUT2D eigenvalue weighted by molar-refractivity contribution is -0.116. The SMILES string of the molecule is N#Cc1cnc2cc(OC[C@@H](O)CO)c(NC(=O)C[C@H]3CCSS3)cc2c1Nc1ccc(OCc2cccc(F)c2)c(Cl)c1. The van der Waals surface area contributed by atoms with E-state index in [9.17, 15) is 24.7 Å². The highest BCUT2D eigenvalue weighted by Gasteiger charge is 2.22. The molecule has 1 amide bonds. The Hall–Kier alpha value is -3.73. The van der Waals surface area contributed by atoms with Crippen LogP contribution in [0.1, 0.15) is 24.0 Å². The van der Waals surface area contributed by atoms with E-state index in [1.54, 1.807) is 64.1 Å². The Labute approximate surface area is 266 Å². The number of nitrogens with one attached hydrogen (secondary N) is 2. The van der Waals surface area contributed by atoms with Gasteiger partial charge in [0.25, 0.3) is 0 Å². The molecule has 1 aromatic heterocycles. The zero-order chi connectivity index (χ0) is 31.1. The van der Waals surface area contributed by atoms with E-state index >= 15 is 0 Å². The number of benzene rings is 3. The molecule has 0 unspecified atom stereocenters. The van der Waals surface area contributed by atoms with Gasteiger partial charge < -0.3 is 30.3 Å². The molecular weight excluding hydrogens is 627 g/mol. The standard InChI is InChI=1S/C31H28ClFN4O5S2/c32-25-9-21(4-5-28(25)41-16-18-2-1-3-20(33)8-18)36-31-19(13-34)14-35-26-12-29(42-17-22(39)15-38)27(11-24(26)31)37-30(40)10-23-6-7-43-44-23/h1-5,8-9,11-12,14,22-23,38-39H,6-7,10,15-17H2,(H,35,36)(H,37,40)/t22-,23+/m0/s1. The van der Waals surface area contributed by atoms with Crippen LogP contribution in [0.25, 0.3) is 10.9 Å². The molecule has 4 aromatic rings. The molecule has 2 heterocycles. The van der Waals surface area contributed by atoms with Gasteiger partial charge in [0.05, 0.1) is 34.1 Å². The van der Waals surface area contributed by atoms with Crippen molar-refractivity contribution < 1.29 is 28.9 Å². The minimum Gasteiger partial charge on any atom is -0.489 e. The molecule has 0 saturated carbocycles. The summed E-state index contributed by atoms with van der Waals surface area (Å²) in [5.41, 5.74) is 2.69. The third kappa shape index (κ3) is 8.05. The topological polar surface area (TPSA) is 137 Å². The molecule has 1 saturated heterocycles. The predicted octanol–water partition coefficient (Wildman–Crippen LogP) is 6.44. The summed E-state index contributed by atoms with van der Waals surface area (Å²) in [5, 5.41) is 36.2. The van der Waals surface area contributed by atoms with E-state index in [1.165, 1.54) is 18.3 Å². The van der Waals surface area contributed by atoms with Gasteiger partial charge >= 0.3 is 0 Å². The Morgan fingerprint density at radius 1 is 1.20 bits per heavy atom. The lowest BCUT2D eigenvalue weighted by atomic mass is 10.1. The maximum Gasteiger partial charge on any atom is 0.225 e. The van der Waals surface area contributed by atoms with Gasteiger partial charge in [0.2, 0.25) is 5.91 Å². The molecular formula is C31H28ClFN4O5S2. The molecule has 4 N–H and O–H groups in total. The van der Waals surface area contributed by atoms with Crippen LogP contribution in [-0.4, -0.2) is 51.4 Å². The number of aliphatic hydroxyl groups excluding tert-OH is 2. The summed E-state index contributed by atoms with van der Waals surface area (Å²) in [6.07, 6.45) is 1.57. The van der Waals surface area contributed by atoms with Crippen molar-refractivity contribution in [3.05, 3.63) is 82.8 Å². The highest BCUT2D eigenvalue weighted by Crippen LogP contribution is 2.40. The van der Waals surface area contributed by atoms with Gasteiger partial charge in [-0.1, -0.05) is 45.3 Å². The summed E-state index contributed by atoms with van der Waals surface area (Å²) in [4.78, 5) is 17.4. The highest BCUT2D eigenvalue weighted by atomic mass is 35.5. The van der Waals surface area contributed by atoms with Gasteiger partial charge in [0.1, 0.15) is 42.7 Å². The van der Waals surface area contributed by atoms with Crippen LogP contribution in [0.15, 0.2) is 60.8 Å². The predicted molar refractivity (Wildman–Crippen MR) is 172 cm³/mol. The first-order chi connectivity index (χ1) is 21.3. The van der Waals surface area contributed by atoms with Gasteiger partial charge in [0.15, 0.2) is 0 Å². The molecule has 5 rings (SSSR count). The Kier molecular flexibility index (Phi) is 10.7. The number of nitrogens with zero attached hydrogens (tertiary/aromatic N) is 2. The third-order valence-electron chi connectivity index (χ3n) is 6.63. The molecule has 1 aliphatic rings. The van der Waals surface area contributed by atoms with Crippen LogP contribution in [0, 0.1) is 17.1 Å². The number of aromatic nitrogens is 1. The Morgan fingerprint density at radius 2 is 2.07 bits per heavy atom. The molecule has 0 radical (unpaired) electrons. The number of aliphatic hydroxyl groups is 2. The van der Waals surface area contributed by atoms with Gasteiger partial charge in [-0.15, -0.1) is 0 Å². The van der Waals surface area contributed by atoms with E-state index in [-0.39, 0.29) is 41.5 Å². The highest BCUT2D eigenvalue weighted by molar-refractivity contribution is 8.77. The van der Waals surface area contributed by atoms with Crippen molar-refractivity contribution in [2.45, 2.75) is 30.8 Å². The van der Waals surface area contributed by atoms with E-state index in [0.717, 1.165) is 12.2 Å². The number of fused-ring (bicyclic) bond motifs is 1. The van der Waals surface area contributed by atoms with Crippen molar-refractivity contribution in [2.24, 2.45) is 0 Å². The zero-order valence-electron chi connectivity index (χ0n) is 23.3. The minimum absolute atomic E-state index is 0.129. The summed E-state index contributed by atoms with van der Waals surface area (Å²) in [6, 6.07) is 16.6. The van der Waals surface area contributed by atoms with Crippen LogP contribution in [-0.2, 0) is 11.4 Å². The van der Waals surface area contributed by atoms with E-state index < -0.39 is 12.7 Å². The molecule has 1 aliphatic heterocycles. The lowest BCUT2D eigenvalue weighted by Crippen LogP contribution is -2.22. The zero-order valence-corrected chi connectivity index (χ0v) is 25.6. The first-order valence-electron chi connectivity index (χ1n) is 13.6. The van der Waals surface area contributed by atoms with E-state index in [4.69, 9.17) is 21.1 Å². The molecule has 228 valence electrons.